The van der Waals surface area contributed by atoms with Crippen molar-refractivity contribution in [3.05, 3.63) is 29.0 Å². The van der Waals surface area contributed by atoms with Crippen molar-refractivity contribution in [2.24, 2.45) is 11.8 Å². The maximum atomic E-state index is 13.4. The second kappa shape index (κ2) is 5.02. The van der Waals surface area contributed by atoms with Crippen LogP contribution in [0.2, 0.25) is 5.02 Å². The Morgan fingerprint density at radius 2 is 2.29 bits per heavy atom. The van der Waals surface area contributed by atoms with Gasteiger partial charge < -0.3 is 10.6 Å². The molecule has 0 radical (unpaired) electrons. The predicted octanol–water partition coefficient (Wildman–Crippen LogP) is 2.27. The minimum atomic E-state index is -0.471. The fourth-order valence-corrected chi connectivity index (χ4v) is 1.89. The van der Waals surface area contributed by atoms with Crippen LogP contribution in [0.3, 0.4) is 0 Å². The lowest BCUT2D eigenvalue weighted by Gasteiger charge is -2.31. The van der Waals surface area contributed by atoms with E-state index in [1.807, 2.05) is 6.92 Å². The summed E-state index contributed by atoms with van der Waals surface area (Å²) in [5.74, 6) is -0.439. The highest BCUT2D eigenvalue weighted by Gasteiger charge is 2.28. The van der Waals surface area contributed by atoms with Crippen molar-refractivity contribution in [3.8, 4) is 0 Å². The molecule has 1 aromatic rings. The maximum Gasteiger partial charge on any atom is 0.227 e. The Morgan fingerprint density at radius 1 is 1.59 bits per heavy atom. The van der Waals surface area contributed by atoms with Crippen LogP contribution in [0.25, 0.3) is 0 Å². The van der Waals surface area contributed by atoms with E-state index in [1.165, 1.54) is 18.2 Å². The average Bonchev–Trinajstić information content (AvgIpc) is 2.21. The number of nitrogens with one attached hydrogen (secondary N) is 2. The van der Waals surface area contributed by atoms with Gasteiger partial charge in [-0.05, 0) is 37.2 Å². The number of hydrogen-bond donors (Lipinski definition) is 2. The van der Waals surface area contributed by atoms with Gasteiger partial charge in [0.25, 0.3) is 0 Å². The van der Waals surface area contributed by atoms with E-state index in [0.717, 1.165) is 13.1 Å². The van der Waals surface area contributed by atoms with Crippen molar-refractivity contribution in [2.45, 2.75) is 6.92 Å². The number of carbonyl (C=O) groups is 1. The van der Waals surface area contributed by atoms with Gasteiger partial charge in [0.1, 0.15) is 5.82 Å². The Bertz CT molecular complexity index is 435. The first-order valence-corrected chi connectivity index (χ1v) is 5.92. The molecule has 2 rings (SSSR count). The van der Waals surface area contributed by atoms with E-state index in [9.17, 15) is 9.18 Å². The summed E-state index contributed by atoms with van der Waals surface area (Å²) < 4.78 is 13.4. The molecule has 1 unspecified atom stereocenters. The lowest BCUT2D eigenvalue weighted by molar-refractivity contribution is -0.121. The maximum absolute atomic E-state index is 13.4. The third kappa shape index (κ3) is 2.76. The van der Waals surface area contributed by atoms with Crippen LogP contribution in [0.1, 0.15) is 6.92 Å². The molecule has 0 spiro atoms. The summed E-state index contributed by atoms with van der Waals surface area (Å²) in [7, 11) is 0. The number of benzene rings is 1. The van der Waals surface area contributed by atoms with E-state index in [4.69, 9.17) is 11.6 Å². The van der Waals surface area contributed by atoms with Crippen LogP contribution in [0.15, 0.2) is 18.2 Å². The summed E-state index contributed by atoms with van der Waals surface area (Å²) in [5.41, 5.74) is 0.140. The molecule has 1 saturated heterocycles. The summed E-state index contributed by atoms with van der Waals surface area (Å²) >= 11 is 5.75. The molecule has 2 N–H and O–H groups in total. The van der Waals surface area contributed by atoms with Gasteiger partial charge >= 0.3 is 0 Å². The standard InChI is InChI=1S/C12H14ClFN2O/c1-7(8-5-15-6-8)12(17)16-11-4-9(13)2-3-10(11)14/h2-4,7-8,15H,5-6H2,1H3,(H,16,17). The van der Waals surface area contributed by atoms with Gasteiger partial charge in [0.15, 0.2) is 0 Å². The molecule has 92 valence electrons. The van der Waals surface area contributed by atoms with E-state index in [1.54, 1.807) is 0 Å². The monoisotopic (exact) mass is 256 g/mol. The summed E-state index contributed by atoms with van der Waals surface area (Å²) in [6.45, 7) is 3.53. The van der Waals surface area contributed by atoms with Crippen molar-refractivity contribution in [3.63, 3.8) is 0 Å². The zero-order chi connectivity index (χ0) is 12.4. The average molecular weight is 257 g/mol. The van der Waals surface area contributed by atoms with Crippen molar-refractivity contribution >= 4 is 23.2 Å². The van der Waals surface area contributed by atoms with Crippen LogP contribution in [-0.4, -0.2) is 19.0 Å². The molecule has 5 heteroatoms. The lowest BCUT2D eigenvalue weighted by atomic mass is 9.88. The molecule has 1 aliphatic rings. The Morgan fingerprint density at radius 3 is 2.88 bits per heavy atom. The first-order chi connectivity index (χ1) is 8.08. The highest BCUT2D eigenvalue weighted by molar-refractivity contribution is 6.30. The third-order valence-corrected chi connectivity index (χ3v) is 3.36. The van der Waals surface area contributed by atoms with Gasteiger partial charge in [-0.25, -0.2) is 4.39 Å². The number of rotatable bonds is 3. The molecule has 0 saturated carbocycles. The molecule has 0 aliphatic carbocycles. The van der Waals surface area contributed by atoms with Crippen molar-refractivity contribution < 1.29 is 9.18 Å². The number of halogens is 2. The van der Waals surface area contributed by atoms with Crippen LogP contribution in [0.4, 0.5) is 10.1 Å². The highest BCUT2D eigenvalue weighted by atomic mass is 35.5. The smallest absolute Gasteiger partial charge is 0.227 e. The molecule has 1 atom stereocenters. The van der Waals surface area contributed by atoms with E-state index in [2.05, 4.69) is 10.6 Å². The molecule has 0 bridgehead atoms. The molecule has 17 heavy (non-hydrogen) atoms. The normalized spacial score (nSPS) is 17.4. The van der Waals surface area contributed by atoms with Crippen LogP contribution < -0.4 is 10.6 Å². The van der Waals surface area contributed by atoms with Crippen LogP contribution >= 0.6 is 11.6 Å². The van der Waals surface area contributed by atoms with Crippen molar-refractivity contribution in [2.75, 3.05) is 18.4 Å². The van der Waals surface area contributed by atoms with Gasteiger partial charge in [0.05, 0.1) is 5.69 Å². The Balaban J connectivity index is 2.04. The largest absolute Gasteiger partial charge is 0.323 e. The predicted molar refractivity (Wildman–Crippen MR) is 65.6 cm³/mol. The van der Waals surface area contributed by atoms with Crippen molar-refractivity contribution in [1.29, 1.82) is 0 Å². The summed E-state index contributed by atoms with van der Waals surface area (Å²) in [6.07, 6.45) is 0. The van der Waals surface area contributed by atoms with Gasteiger partial charge in [0.2, 0.25) is 5.91 Å². The summed E-state index contributed by atoms with van der Waals surface area (Å²) in [6, 6.07) is 4.11. The zero-order valence-corrected chi connectivity index (χ0v) is 10.2. The van der Waals surface area contributed by atoms with Crippen molar-refractivity contribution in [1.82, 2.24) is 5.32 Å². The van der Waals surface area contributed by atoms with E-state index in [-0.39, 0.29) is 17.5 Å². The summed E-state index contributed by atoms with van der Waals surface area (Å²) in [5, 5.41) is 6.08. The molecule has 1 heterocycles. The van der Waals surface area contributed by atoms with Crippen LogP contribution in [0.5, 0.6) is 0 Å². The first-order valence-electron chi connectivity index (χ1n) is 5.54. The van der Waals surface area contributed by atoms with Gasteiger partial charge in [0, 0.05) is 10.9 Å². The minimum absolute atomic E-state index is 0.130. The van der Waals surface area contributed by atoms with Crippen LogP contribution in [0, 0.1) is 17.7 Å². The Labute approximate surface area is 104 Å². The molecule has 3 nitrogen and oxygen atoms in total. The highest BCUT2D eigenvalue weighted by Crippen LogP contribution is 2.22. The van der Waals surface area contributed by atoms with Gasteiger partial charge in [-0.2, -0.15) is 0 Å². The molecule has 0 aromatic heterocycles. The molecule has 1 fully saturated rings. The molecule has 1 amide bonds. The summed E-state index contributed by atoms with van der Waals surface area (Å²) in [4.78, 5) is 11.9. The number of amides is 1. The second-order valence-corrected chi connectivity index (χ2v) is 4.76. The van der Waals surface area contributed by atoms with Gasteiger partial charge in [-0.1, -0.05) is 18.5 Å². The fourth-order valence-electron chi connectivity index (χ4n) is 1.72. The van der Waals surface area contributed by atoms with Gasteiger partial charge in [-0.3, -0.25) is 4.79 Å². The second-order valence-electron chi connectivity index (χ2n) is 4.32. The number of carbonyl (C=O) groups excluding carboxylic acids is 1. The van der Waals surface area contributed by atoms with E-state index in [0.29, 0.717) is 10.9 Å². The third-order valence-electron chi connectivity index (χ3n) is 3.12. The number of anilines is 1. The molecule has 1 aromatic carbocycles. The zero-order valence-electron chi connectivity index (χ0n) is 9.47. The number of hydrogen-bond acceptors (Lipinski definition) is 2. The van der Waals surface area contributed by atoms with E-state index < -0.39 is 5.82 Å². The first kappa shape index (κ1) is 12.3. The van der Waals surface area contributed by atoms with Crippen LogP contribution in [-0.2, 0) is 4.79 Å². The topological polar surface area (TPSA) is 41.1 Å². The Hall–Kier alpha value is -1.13. The molecule has 1 aliphatic heterocycles. The quantitative estimate of drug-likeness (QED) is 0.871. The SMILES string of the molecule is CC(C(=O)Nc1cc(Cl)ccc1F)C1CNC1. The minimum Gasteiger partial charge on any atom is -0.323 e. The molecular weight excluding hydrogens is 243 g/mol. The Kier molecular flexibility index (Phi) is 3.64. The lowest BCUT2D eigenvalue weighted by Crippen LogP contribution is -2.48. The van der Waals surface area contributed by atoms with E-state index >= 15 is 0 Å². The fraction of sp³-hybridized carbons (Fsp3) is 0.417. The molecular formula is C12H14ClFN2O. The van der Waals surface area contributed by atoms with Gasteiger partial charge in [-0.15, -0.1) is 0 Å².